The molecule has 3 rings (SSSR count). The summed E-state index contributed by atoms with van der Waals surface area (Å²) < 4.78 is 21.5. The molecule has 0 atom stereocenters. The number of rotatable bonds is 8. The first-order valence-corrected chi connectivity index (χ1v) is 10.6. The fourth-order valence-corrected chi connectivity index (χ4v) is 3.87. The predicted octanol–water partition coefficient (Wildman–Crippen LogP) is 4.48. The van der Waals surface area contributed by atoms with Crippen molar-refractivity contribution in [2.24, 2.45) is 0 Å². The zero-order valence-corrected chi connectivity index (χ0v) is 19.4. The number of Topliss-reactive ketones (excluding diaryl/α,β-unsaturated/α-hetero) is 1. The fraction of sp³-hybridized carbons (Fsp3) is 0.346. The van der Waals surface area contributed by atoms with Gasteiger partial charge in [0.05, 0.1) is 28.4 Å². The Morgan fingerprint density at radius 3 is 1.56 bits per heavy atom. The minimum absolute atomic E-state index is 0.0573. The van der Waals surface area contributed by atoms with Crippen molar-refractivity contribution in [3.8, 4) is 23.0 Å². The number of piperidine rings is 1. The van der Waals surface area contributed by atoms with Gasteiger partial charge in [0.1, 0.15) is 0 Å². The second-order valence-corrected chi connectivity index (χ2v) is 7.61. The Morgan fingerprint density at radius 1 is 0.750 bits per heavy atom. The fourth-order valence-electron chi connectivity index (χ4n) is 3.87. The lowest BCUT2D eigenvalue weighted by molar-refractivity contribution is -0.113. The zero-order valence-electron chi connectivity index (χ0n) is 19.4. The third-order valence-electron chi connectivity index (χ3n) is 5.41. The van der Waals surface area contributed by atoms with Gasteiger partial charge in [-0.15, -0.1) is 0 Å². The first-order chi connectivity index (χ1) is 15.5. The smallest absolute Gasteiger partial charge is 0.187 e. The van der Waals surface area contributed by atoms with Crippen LogP contribution >= 0.6 is 0 Å². The molecule has 0 radical (unpaired) electrons. The van der Waals surface area contributed by atoms with E-state index < -0.39 is 0 Å². The van der Waals surface area contributed by atoms with Gasteiger partial charge in [0.25, 0.3) is 0 Å². The highest BCUT2D eigenvalue weighted by molar-refractivity contribution is 6.14. The molecule has 0 unspecified atom stereocenters. The first-order valence-electron chi connectivity index (χ1n) is 10.6. The topological polar surface area (TPSA) is 57.2 Å². The molecule has 0 spiro atoms. The molecule has 170 valence electrons. The van der Waals surface area contributed by atoms with Crippen molar-refractivity contribution in [1.29, 1.82) is 0 Å². The number of likely N-dealkylation sites (tertiary alicyclic amines) is 1. The maximum absolute atomic E-state index is 13.4. The number of ketones is 1. The molecule has 1 fully saturated rings. The summed E-state index contributed by atoms with van der Waals surface area (Å²) in [5, 5.41) is 0. The standard InChI is InChI=1S/C26H31NO5/c1-6-11-27-16-20(12-18-7-9-22(29-2)24(14-18)31-4)26(28)21(17-27)13-19-8-10-23(30-3)25(15-19)32-5/h7-10,12-15H,6,11,16-17H2,1-5H3/b20-12-,21-13+. The van der Waals surface area contributed by atoms with Crippen LogP contribution in [0.1, 0.15) is 24.5 Å². The highest BCUT2D eigenvalue weighted by atomic mass is 16.5. The van der Waals surface area contributed by atoms with E-state index in [-0.39, 0.29) is 5.78 Å². The quantitative estimate of drug-likeness (QED) is 0.568. The third kappa shape index (κ3) is 5.32. The molecule has 0 aliphatic carbocycles. The average molecular weight is 438 g/mol. The van der Waals surface area contributed by atoms with E-state index in [4.69, 9.17) is 18.9 Å². The van der Waals surface area contributed by atoms with Gasteiger partial charge in [0.15, 0.2) is 28.8 Å². The molecule has 6 heteroatoms. The van der Waals surface area contributed by atoms with E-state index in [0.29, 0.717) is 36.1 Å². The van der Waals surface area contributed by atoms with E-state index in [9.17, 15) is 4.79 Å². The number of carbonyl (C=O) groups is 1. The van der Waals surface area contributed by atoms with E-state index in [2.05, 4.69) is 11.8 Å². The van der Waals surface area contributed by atoms with Gasteiger partial charge < -0.3 is 18.9 Å². The maximum atomic E-state index is 13.4. The van der Waals surface area contributed by atoms with E-state index >= 15 is 0 Å². The summed E-state index contributed by atoms with van der Waals surface area (Å²) in [7, 11) is 6.42. The summed E-state index contributed by atoms with van der Waals surface area (Å²) in [6.07, 6.45) is 4.89. The number of benzene rings is 2. The van der Waals surface area contributed by atoms with E-state index in [1.165, 1.54) is 0 Å². The largest absolute Gasteiger partial charge is 0.493 e. The summed E-state index contributed by atoms with van der Waals surface area (Å²) in [6, 6.07) is 11.3. The van der Waals surface area contributed by atoms with Gasteiger partial charge in [0.2, 0.25) is 0 Å². The molecule has 1 saturated heterocycles. The van der Waals surface area contributed by atoms with Crippen LogP contribution in [0.2, 0.25) is 0 Å². The summed E-state index contributed by atoms with van der Waals surface area (Å²) in [4.78, 5) is 15.7. The summed E-state index contributed by atoms with van der Waals surface area (Å²) in [5.41, 5.74) is 3.30. The molecular weight excluding hydrogens is 406 g/mol. The maximum Gasteiger partial charge on any atom is 0.187 e. The number of methoxy groups -OCH3 is 4. The minimum atomic E-state index is 0.0573. The van der Waals surface area contributed by atoms with Gasteiger partial charge in [0, 0.05) is 24.2 Å². The lowest BCUT2D eigenvalue weighted by atomic mass is 9.94. The molecule has 1 aliphatic heterocycles. The molecular formula is C26H31NO5. The SMILES string of the molecule is CCCN1C/C(=C/c2ccc(OC)c(OC)c2)C(=O)/C(=C/c2ccc(OC)c(OC)c2)C1. The normalized spacial score (nSPS) is 17.0. The molecule has 1 aliphatic rings. The lowest BCUT2D eigenvalue weighted by Gasteiger charge is -2.29. The second-order valence-electron chi connectivity index (χ2n) is 7.61. The van der Waals surface area contributed by atoms with Gasteiger partial charge in [-0.3, -0.25) is 9.69 Å². The van der Waals surface area contributed by atoms with Crippen LogP contribution in [-0.4, -0.2) is 58.8 Å². The molecule has 6 nitrogen and oxygen atoms in total. The van der Waals surface area contributed by atoms with Crippen LogP contribution in [0.15, 0.2) is 47.5 Å². The van der Waals surface area contributed by atoms with Gasteiger partial charge in [-0.05, 0) is 60.5 Å². The number of ether oxygens (including phenoxy) is 4. The molecule has 2 aromatic carbocycles. The van der Waals surface area contributed by atoms with Gasteiger partial charge in [-0.1, -0.05) is 19.1 Å². The van der Waals surface area contributed by atoms with Crippen molar-refractivity contribution in [3.63, 3.8) is 0 Å². The molecule has 32 heavy (non-hydrogen) atoms. The Hall–Kier alpha value is -3.25. The average Bonchev–Trinajstić information content (AvgIpc) is 2.81. The van der Waals surface area contributed by atoms with Crippen molar-refractivity contribution in [2.45, 2.75) is 13.3 Å². The molecule has 0 N–H and O–H groups in total. The van der Waals surface area contributed by atoms with Gasteiger partial charge in [-0.25, -0.2) is 0 Å². The van der Waals surface area contributed by atoms with Crippen LogP contribution in [0.4, 0.5) is 0 Å². The van der Waals surface area contributed by atoms with E-state index in [1.807, 2.05) is 48.6 Å². The Balaban J connectivity index is 1.97. The third-order valence-corrected chi connectivity index (χ3v) is 5.41. The summed E-state index contributed by atoms with van der Waals surface area (Å²) in [6.45, 7) is 4.29. The molecule has 0 saturated carbocycles. The monoisotopic (exact) mass is 437 g/mol. The van der Waals surface area contributed by atoms with Crippen LogP contribution in [0.25, 0.3) is 12.2 Å². The van der Waals surface area contributed by atoms with Crippen LogP contribution in [0, 0.1) is 0 Å². The van der Waals surface area contributed by atoms with E-state index in [1.54, 1.807) is 28.4 Å². The summed E-state index contributed by atoms with van der Waals surface area (Å²) in [5.74, 6) is 2.65. The van der Waals surface area contributed by atoms with Crippen LogP contribution in [-0.2, 0) is 4.79 Å². The van der Waals surface area contributed by atoms with Crippen molar-refractivity contribution >= 4 is 17.9 Å². The molecule has 0 amide bonds. The second kappa shape index (κ2) is 10.9. The Morgan fingerprint density at radius 2 is 1.19 bits per heavy atom. The number of hydrogen-bond acceptors (Lipinski definition) is 6. The van der Waals surface area contributed by atoms with E-state index in [0.717, 1.165) is 35.2 Å². The Kier molecular flexibility index (Phi) is 7.95. The first kappa shape index (κ1) is 23.4. The van der Waals surface area contributed by atoms with Gasteiger partial charge >= 0.3 is 0 Å². The van der Waals surface area contributed by atoms with Crippen LogP contribution < -0.4 is 18.9 Å². The van der Waals surface area contributed by atoms with Gasteiger partial charge in [-0.2, -0.15) is 0 Å². The number of nitrogens with zero attached hydrogens (tertiary/aromatic N) is 1. The zero-order chi connectivity index (χ0) is 23.1. The molecule has 0 bridgehead atoms. The van der Waals surface area contributed by atoms with Crippen LogP contribution in [0.3, 0.4) is 0 Å². The molecule has 0 aromatic heterocycles. The Bertz CT molecular complexity index is 947. The highest BCUT2D eigenvalue weighted by Crippen LogP contribution is 2.31. The van der Waals surface area contributed by atoms with Crippen molar-refractivity contribution in [2.75, 3.05) is 48.1 Å². The van der Waals surface area contributed by atoms with Crippen molar-refractivity contribution in [1.82, 2.24) is 4.90 Å². The molecule has 1 heterocycles. The predicted molar refractivity (Wildman–Crippen MR) is 127 cm³/mol. The Labute approximate surface area is 190 Å². The minimum Gasteiger partial charge on any atom is -0.493 e. The van der Waals surface area contributed by atoms with Crippen molar-refractivity contribution < 1.29 is 23.7 Å². The number of hydrogen-bond donors (Lipinski definition) is 0. The molecule has 2 aromatic rings. The summed E-state index contributed by atoms with van der Waals surface area (Å²) >= 11 is 0. The van der Waals surface area contributed by atoms with Crippen LogP contribution in [0.5, 0.6) is 23.0 Å². The lowest BCUT2D eigenvalue weighted by Crippen LogP contribution is -2.38. The number of carbonyl (C=O) groups excluding carboxylic acids is 1. The van der Waals surface area contributed by atoms with Crippen molar-refractivity contribution in [3.05, 3.63) is 58.7 Å². The highest BCUT2D eigenvalue weighted by Gasteiger charge is 2.26.